The minimum Gasteiger partial charge on any atom is -0.487 e. The molecular formula is C15H12N2OS. The molecule has 0 aliphatic carbocycles. The molecule has 3 aromatic rings. The van der Waals surface area contributed by atoms with Crippen molar-refractivity contribution in [2.75, 3.05) is 0 Å². The molecule has 94 valence electrons. The Balaban J connectivity index is 1.69. The fourth-order valence-electron chi connectivity index (χ4n) is 1.75. The van der Waals surface area contributed by atoms with Crippen molar-refractivity contribution in [2.24, 2.45) is 0 Å². The summed E-state index contributed by atoms with van der Waals surface area (Å²) in [6.45, 7) is 0.512. The van der Waals surface area contributed by atoms with E-state index >= 15 is 0 Å². The lowest BCUT2D eigenvalue weighted by molar-refractivity contribution is 0.302. The summed E-state index contributed by atoms with van der Waals surface area (Å²) in [4.78, 5) is 8.20. The van der Waals surface area contributed by atoms with Gasteiger partial charge in [0.1, 0.15) is 12.4 Å². The molecule has 0 unspecified atom stereocenters. The van der Waals surface area contributed by atoms with Crippen LogP contribution in [0.25, 0.3) is 11.1 Å². The fourth-order valence-corrected chi connectivity index (χ4v) is 2.30. The molecule has 3 rings (SSSR count). The monoisotopic (exact) mass is 268 g/mol. The first-order valence-corrected chi connectivity index (χ1v) is 6.86. The van der Waals surface area contributed by atoms with Crippen LogP contribution in [0.3, 0.4) is 0 Å². The van der Waals surface area contributed by atoms with Crippen LogP contribution >= 0.6 is 11.3 Å². The van der Waals surface area contributed by atoms with Gasteiger partial charge in [-0.25, -0.2) is 4.98 Å². The highest BCUT2D eigenvalue weighted by Gasteiger charge is 2.00. The maximum absolute atomic E-state index is 5.67. The predicted octanol–water partition coefficient (Wildman–Crippen LogP) is 3.78. The minimum absolute atomic E-state index is 0.512. The van der Waals surface area contributed by atoms with Crippen molar-refractivity contribution in [3.8, 4) is 16.9 Å². The van der Waals surface area contributed by atoms with E-state index in [4.69, 9.17) is 4.74 Å². The van der Waals surface area contributed by atoms with Crippen LogP contribution < -0.4 is 4.74 Å². The third-order valence-corrected chi connectivity index (χ3v) is 3.37. The molecule has 0 spiro atoms. The smallest absolute Gasteiger partial charge is 0.131 e. The molecule has 2 heterocycles. The van der Waals surface area contributed by atoms with Gasteiger partial charge >= 0.3 is 0 Å². The van der Waals surface area contributed by atoms with E-state index < -0.39 is 0 Å². The SMILES string of the molecule is c1cc(-c2ccc(OCc3cscn3)cc2)ccn1. The van der Waals surface area contributed by atoms with E-state index in [-0.39, 0.29) is 0 Å². The Morgan fingerprint density at radius 1 is 0.947 bits per heavy atom. The zero-order chi connectivity index (χ0) is 12.9. The number of thiazole rings is 1. The Morgan fingerprint density at radius 2 is 1.68 bits per heavy atom. The molecule has 0 amide bonds. The van der Waals surface area contributed by atoms with Gasteiger partial charge in [0.2, 0.25) is 0 Å². The van der Waals surface area contributed by atoms with Crippen LogP contribution in [0.15, 0.2) is 59.7 Å². The summed E-state index contributed by atoms with van der Waals surface area (Å²) < 4.78 is 5.67. The summed E-state index contributed by atoms with van der Waals surface area (Å²) in [7, 11) is 0. The van der Waals surface area contributed by atoms with Crippen molar-refractivity contribution in [2.45, 2.75) is 6.61 Å². The van der Waals surface area contributed by atoms with Gasteiger partial charge in [-0.1, -0.05) is 12.1 Å². The standard InChI is InChI=1S/C15H12N2OS/c1-3-15(18-9-14-10-19-11-17-14)4-2-12(1)13-5-7-16-8-6-13/h1-8,10-11H,9H2. The second-order valence-corrected chi connectivity index (χ2v) is 4.75. The average Bonchev–Trinajstić information content (AvgIpc) is 3.00. The van der Waals surface area contributed by atoms with Gasteiger partial charge in [-0.15, -0.1) is 11.3 Å². The Hall–Kier alpha value is -2.20. The molecule has 0 N–H and O–H groups in total. The fraction of sp³-hybridized carbons (Fsp3) is 0.0667. The van der Waals surface area contributed by atoms with Gasteiger partial charge in [0.15, 0.2) is 0 Å². The maximum atomic E-state index is 5.67. The summed E-state index contributed by atoms with van der Waals surface area (Å²) in [6.07, 6.45) is 3.59. The zero-order valence-corrected chi connectivity index (χ0v) is 11.0. The quantitative estimate of drug-likeness (QED) is 0.722. The van der Waals surface area contributed by atoms with Crippen molar-refractivity contribution < 1.29 is 4.74 Å². The van der Waals surface area contributed by atoms with Gasteiger partial charge in [-0.3, -0.25) is 4.98 Å². The van der Waals surface area contributed by atoms with E-state index in [0.29, 0.717) is 6.61 Å². The first-order chi connectivity index (χ1) is 9.42. The Morgan fingerprint density at radius 3 is 2.37 bits per heavy atom. The number of aromatic nitrogens is 2. The molecule has 0 aliphatic rings. The second kappa shape index (κ2) is 5.63. The summed E-state index contributed by atoms with van der Waals surface area (Å²) in [5.41, 5.74) is 5.08. The molecule has 0 aliphatic heterocycles. The Kier molecular flexibility index (Phi) is 3.51. The van der Waals surface area contributed by atoms with Gasteiger partial charge in [0, 0.05) is 17.8 Å². The van der Waals surface area contributed by atoms with E-state index in [0.717, 1.165) is 22.6 Å². The van der Waals surface area contributed by atoms with Crippen LogP contribution in [-0.4, -0.2) is 9.97 Å². The number of rotatable bonds is 4. The Labute approximate surface area is 115 Å². The van der Waals surface area contributed by atoms with Gasteiger partial charge in [-0.05, 0) is 35.4 Å². The van der Waals surface area contributed by atoms with E-state index in [2.05, 4.69) is 9.97 Å². The number of nitrogens with zero attached hydrogens (tertiary/aromatic N) is 2. The van der Waals surface area contributed by atoms with E-state index in [1.807, 2.05) is 47.3 Å². The van der Waals surface area contributed by atoms with E-state index in [1.54, 1.807) is 23.7 Å². The molecule has 0 bridgehead atoms. The van der Waals surface area contributed by atoms with E-state index in [1.165, 1.54) is 0 Å². The molecule has 0 saturated carbocycles. The molecule has 3 nitrogen and oxygen atoms in total. The molecular weight excluding hydrogens is 256 g/mol. The number of hydrogen-bond donors (Lipinski definition) is 0. The maximum Gasteiger partial charge on any atom is 0.131 e. The molecule has 0 atom stereocenters. The number of pyridine rings is 1. The van der Waals surface area contributed by atoms with Gasteiger partial charge in [0.05, 0.1) is 11.2 Å². The van der Waals surface area contributed by atoms with Crippen LogP contribution in [-0.2, 0) is 6.61 Å². The topological polar surface area (TPSA) is 35.0 Å². The summed E-state index contributed by atoms with van der Waals surface area (Å²) >= 11 is 1.58. The first kappa shape index (κ1) is 11.9. The average molecular weight is 268 g/mol. The number of hydrogen-bond acceptors (Lipinski definition) is 4. The van der Waals surface area contributed by atoms with Crippen molar-refractivity contribution >= 4 is 11.3 Å². The van der Waals surface area contributed by atoms with Crippen LogP contribution in [0.5, 0.6) is 5.75 Å². The van der Waals surface area contributed by atoms with Gasteiger partial charge < -0.3 is 4.74 Å². The van der Waals surface area contributed by atoms with Crippen molar-refractivity contribution in [1.29, 1.82) is 0 Å². The second-order valence-electron chi connectivity index (χ2n) is 4.03. The van der Waals surface area contributed by atoms with Crippen LogP contribution in [0, 0.1) is 0 Å². The highest BCUT2D eigenvalue weighted by atomic mass is 32.1. The molecule has 4 heteroatoms. The summed E-state index contributed by atoms with van der Waals surface area (Å²) in [5, 5.41) is 1.99. The lowest BCUT2D eigenvalue weighted by atomic mass is 10.1. The van der Waals surface area contributed by atoms with Crippen molar-refractivity contribution in [3.63, 3.8) is 0 Å². The molecule has 1 aromatic carbocycles. The zero-order valence-electron chi connectivity index (χ0n) is 10.2. The first-order valence-electron chi connectivity index (χ1n) is 5.92. The molecule has 0 fully saturated rings. The lowest BCUT2D eigenvalue weighted by Crippen LogP contribution is -1.95. The van der Waals surface area contributed by atoms with Crippen LogP contribution in [0.2, 0.25) is 0 Å². The highest BCUT2D eigenvalue weighted by Crippen LogP contribution is 2.22. The summed E-state index contributed by atoms with van der Waals surface area (Å²) in [6, 6.07) is 12.0. The van der Waals surface area contributed by atoms with E-state index in [9.17, 15) is 0 Å². The third kappa shape index (κ3) is 2.98. The van der Waals surface area contributed by atoms with Gasteiger partial charge in [-0.2, -0.15) is 0 Å². The molecule has 2 aromatic heterocycles. The predicted molar refractivity (Wildman–Crippen MR) is 76.1 cm³/mol. The largest absolute Gasteiger partial charge is 0.487 e. The number of benzene rings is 1. The minimum atomic E-state index is 0.512. The van der Waals surface area contributed by atoms with Gasteiger partial charge in [0.25, 0.3) is 0 Å². The molecule has 0 radical (unpaired) electrons. The molecule has 0 saturated heterocycles. The van der Waals surface area contributed by atoms with Crippen molar-refractivity contribution in [3.05, 3.63) is 65.4 Å². The van der Waals surface area contributed by atoms with Crippen LogP contribution in [0.1, 0.15) is 5.69 Å². The Bertz CT molecular complexity index is 621. The molecule has 19 heavy (non-hydrogen) atoms. The highest BCUT2D eigenvalue weighted by molar-refractivity contribution is 7.07. The summed E-state index contributed by atoms with van der Waals surface area (Å²) in [5.74, 6) is 0.853. The van der Waals surface area contributed by atoms with Crippen molar-refractivity contribution in [1.82, 2.24) is 9.97 Å². The number of ether oxygens (including phenoxy) is 1. The van der Waals surface area contributed by atoms with Crippen LogP contribution in [0.4, 0.5) is 0 Å². The normalized spacial score (nSPS) is 10.3. The third-order valence-electron chi connectivity index (χ3n) is 2.74. The lowest BCUT2D eigenvalue weighted by Gasteiger charge is -2.06.